The number of nitrogens with zero attached hydrogens (tertiary/aromatic N) is 3. The minimum atomic E-state index is -0.959. The zero-order valence-electron chi connectivity index (χ0n) is 18.3. The van der Waals surface area contributed by atoms with Crippen LogP contribution in [0.5, 0.6) is 0 Å². The molecule has 166 valence electrons. The predicted octanol–water partition coefficient (Wildman–Crippen LogP) is 2.35. The number of amides is 1. The number of carbonyl (C=O) groups is 2. The van der Waals surface area contributed by atoms with Crippen molar-refractivity contribution >= 4 is 11.9 Å². The van der Waals surface area contributed by atoms with Crippen molar-refractivity contribution in [2.24, 2.45) is 0 Å². The number of methoxy groups -OCH3 is 1. The van der Waals surface area contributed by atoms with Crippen molar-refractivity contribution in [2.75, 3.05) is 46.9 Å². The highest BCUT2D eigenvalue weighted by molar-refractivity contribution is 5.88. The van der Waals surface area contributed by atoms with E-state index < -0.39 is 5.97 Å². The molecule has 0 radical (unpaired) electrons. The van der Waals surface area contributed by atoms with E-state index in [4.69, 9.17) is 9.84 Å². The highest BCUT2D eigenvalue weighted by Crippen LogP contribution is 2.38. The minimum Gasteiger partial charge on any atom is -0.501 e. The molecule has 31 heavy (non-hydrogen) atoms. The zero-order valence-corrected chi connectivity index (χ0v) is 18.3. The molecule has 0 spiro atoms. The van der Waals surface area contributed by atoms with Gasteiger partial charge in [0.25, 0.3) is 0 Å². The second-order valence-corrected chi connectivity index (χ2v) is 8.60. The van der Waals surface area contributed by atoms with Gasteiger partial charge >= 0.3 is 5.97 Å². The van der Waals surface area contributed by atoms with E-state index >= 15 is 0 Å². The summed E-state index contributed by atoms with van der Waals surface area (Å²) in [6.07, 6.45) is 5.08. The number of aromatic carboxylic acids is 1. The molecule has 1 atom stereocenters. The van der Waals surface area contributed by atoms with Crippen LogP contribution in [0.1, 0.15) is 35.2 Å². The molecule has 2 heterocycles. The Bertz CT molecular complexity index is 898. The fraction of sp³-hybridized carbons (Fsp3) is 0.500. The third-order valence-electron chi connectivity index (χ3n) is 6.69. The molecule has 0 aromatic heterocycles. The standard InChI is InChI=1S/C24H31N3O4/c1-25-11-13-26(14-12-25)21-7-8-22(31-2)19-9-10-27(16-20(19)21)23(28)15-17-3-5-18(6-4-17)24(29)30/h3-6,16,21H,7-15H2,1-2H3,(H,29,30). The van der Waals surface area contributed by atoms with Gasteiger partial charge in [-0.1, -0.05) is 12.1 Å². The Labute approximate surface area is 183 Å². The maximum atomic E-state index is 13.0. The van der Waals surface area contributed by atoms with Crippen molar-refractivity contribution in [3.8, 4) is 0 Å². The van der Waals surface area contributed by atoms with Gasteiger partial charge in [0.05, 0.1) is 24.9 Å². The number of ether oxygens (including phenoxy) is 1. The maximum absolute atomic E-state index is 13.0. The van der Waals surface area contributed by atoms with Crippen molar-refractivity contribution in [3.05, 3.63) is 58.5 Å². The summed E-state index contributed by atoms with van der Waals surface area (Å²) in [5.41, 5.74) is 3.56. The Morgan fingerprint density at radius 2 is 1.77 bits per heavy atom. The van der Waals surface area contributed by atoms with Crippen LogP contribution in [0.15, 0.2) is 47.4 Å². The number of allylic oxidation sites excluding steroid dienone is 1. The third kappa shape index (κ3) is 4.67. The van der Waals surface area contributed by atoms with Crippen LogP contribution in [-0.2, 0) is 16.0 Å². The van der Waals surface area contributed by atoms with E-state index in [0.29, 0.717) is 12.6 Å². The number of likely N-dealkylation sites (N-methyl/N-ethyl adjacent to an activating group) is 1. The molecule has 1 N–H and O–H groups in total. The van der Waals surface area contributed by atoms with Gasteiger partial charge in [-0.15, -0.1) is 0 Å². The quantitative estimate of drug-likeness (QED) is 0.781. The van der Waals surface area contributed by atoms with Crippen LogP contribution in [0.25, 0.3) is 0 Å². The molecule has 7 nitrogen and oxygen atoms in total. The monoisotopic (exact) mass is 425 g/mol. The second-order valence-electron chi connectivity index (χ2n) is 8.60. The molecule has 1 aromatic rings. The number of carbonyl (C=O) groups excluding carboxylic acids is 1. The molecule has 1 amide bonds. The number of carboxylic acids is 1. The maximum Gasteiger partial charge on any atom is 0.335 e. The molecule has 1 aromatic carbocycles. The van der Waals surface area contributed by atoms with Crippen LogP contribution < -0.4 is 0 Å². The summed E-state index contributed by atoms with van der Waals surface area (Å²) in [5.74, 6) is 0.142. The van der Waals surface area contributed by atoms with Gasteiger partial charge in [-0.2, -0.15) is 0 Å². The smallest absolute Gasteiger partial charge is 0.335 e. The lowest BCUT2D eigenvalue weighted by atomic mass is 9.83. The van der Waals surface area contributed by atoms with E-state index in [1.54, 1.807) is 31.4 Å². The zero-order chi connectivity index (χ0) is 22.0. The van der Waals surface area contributed by atoms with E-state index in [2.05, 4.69) is 16.8 Å². The van der Waals surface area contributed by atoms with Gasteiger partial charge in [-0.25, -0.2) is 4.79 Å². The number of piperazine rings is 1. The van der Waals surface area contributed by atoms with Crippen LogP contribution in [0, 0.1) is 0 Å². The highest BCUT2D eigenvalue weighted by Gasteiger charge is 2.35. The number of rotatable bonds is 5. The second kappa shape index (κ2) is 9.24. The summed E-state index contributed by atoms with van der Waals surface area (Å²) in [6.45, 7) is 4.85. The van der Waals surface area contributed by atoms with Crippen LogP contribution in [0.3, 0.4) is 0 Å². The lowest BCUT2D eigenvalue weighted by Gasteiger charge is -2.43. The fourth-order valence-corrected chi connectivity index (χ4v) is 4.82. The topological polar surface area (TPSA) is 73.3 Å². The summed E-state index contributed by atoms with van der Waals surface area (Å²) in [5, 5.41) is 9.06. The molecular formula is C24H31N3O4. The van der Waals surface area contributed by atoms with E-state index in [0.717, 1.165) is 56.8 Å². The Morgan fingerprint density at radius 3 is 2.42 bits per heavy atom. The molecule has 7 heteroatoms. The molecule has 4 rings (SSSR count). The predicted molar refractivity (Wildman–Crippen MR) is 118 cm³/mol. The Kier molecular flexibility index (Phi) is 6.43. The first-order chi connectivity index (χ1) is 15.0. The summed E-state index contributed by atoms with van der Waals surface area (Å²) in [4.78, 5) is 30.8. The summed E-state index contributed by atoms with van der Waals surface area (Å²) >= 11 is 0. The van der Waals surface area contributed by atoms with Crippen LogP contribution >= 0.6 is 0 Å². The Balaban J connectivity index is 1.53. The van der Waals surface area contributed by atoms with Crippen LogP contribution in [-0.4, -0.2) is 84.6 Å². The molecule has 1 fully saturated rings. The molecule has 3 aliphatic rings. The van der Waals surface area contributed by atoms with Gasteiger partial charge in [0.1, 0.15) is 0 Å². The molecule has 2 aliphatic heterocycles. The molecule has 1 unspecified atom stereocenters. The van der Waals surface area contributed by atoms with Gasteiger partial charge in [-0.05, 0) is 48.7 Å². The Hall–Kier alpha value is -2.64. The van der Waals surface area contributed by atoms with Gasteiger partial charge in [0.15, 0.2) is 0 Å². The molecule has 1 saturated heterocycles. The number of hydrogen-bond donors (Lipinski definition) is 1. The van der Waals surface area contributed by atoms with Crippen LogP contribution in [0.4, 0.5) is 0 Å². The van der Waals surface area contributed by atoms with Crippen molar-refractivity contribution in [1.29, 1.82) is 0 Å². The summed E-state index contributed by atoms with van der Waals surface area (Å²) < 4.78 is 5.70. The molecule has 0 bridgehead atoms. The number of benzene rings is 1. The highest BCUT2D eigenvalue weighted by atomic mass is 16.5. The van der Waals surface area contributed by atoms with Crippen molar-refractivity contribution in [2.45, 2.75) is 31.7 Å². The molecule has 1 aliphatic carbocycles. The number of hydrogen-bond acceptors (Lipinski definition) is 5. The minimum absolute atomic E-state index is 0.0382. The average Bonchev–Trinajstić information content (AvgIpc) is 2.79. The van der Waals surface area contributed by atoms with Gasteiger partial charge < -0.3 is 19.6 Å². The molecule has 0 saturated carbocycles. The van der Waals surface area contributed by atoms with Crippen molar-refractivity contribution in [1.82, 2.24) is 14.7 Å². The van der Waals surface area contributed by atoms with Crippen molar-refractivity contribution < 1.29 is 19.4 Å². The first-order valence-electron chi connectivity index (χ1n) is 11.0. The third-order valence-corrected chi connectivity index (χ3v) is 6.69. The SMILES string of the molecule is COC1=C2CCN(C(=O)Cc3ccc(C(=O)O)cc3)C=C2C(N2CCN(C)CC2)CC1. The molecular weight excluding hydrogens is 394 g/mol. The summed E-state index contributed by atoms with van der Waals surface area (Å²) in [6, 6.07) is 6.88. The van der Waals surface area contributed by atoms with Gasteiger partial charge in [0, 0.05) is 51.4 Å². The van der Waals surface area contributed by atoms with E-state index in [9.17, 15) is 9.59 Å². The van der Waals surface area contributed by atoms with E-state index in [1.165, 1.54) is 11.1 Å². The number of fused-ring (bicyclic) bond motifs is 1. The Morgan fingerprint density at radius 1 is 1.06 bits per heavy atom. The first-order valence-corrected chi connectivity index (χ1v) is 11.0. The number of carboxylic acid groups (broad SMARTS) is 1. The summed E-state index contributed by atoms with van der Waals surface area (Å²) in [7, 11) is 3.91. The van der Waals surface area contributed by atoms with Gasteiger partial charge in [0.2, 0.25) is 5.91 Å². The largest absolute Gasteiger partial charge is 0.501 e. The lowest BCUT2D eigenvalue weighted by molar-refractivity contribution is -0.128. The first kappa shape index (κ1) is 21.6. The van der Waals surface area contributed by atoms with Crippen molar-refractivity contribution in [3.63, 3.8) is 0 Å². The van der Waals surface area contributed by atoms with Gasteiger partial charge in [-0.3, -0.25) is 9.69 Å². The van der Waals surface area contributed by atoms with E-state index in [1.807, 2.05) is 11.1 Å². The normalized spacial score (nSPS) is 22.7. The lowest BCUT2D eigenvalue weighted by Crippen LogP contribution is -2.51. The van der Waals surface area contributed by atoms with Crippen LogP contribution in [0.2, 0.25) is 0 Å². The fourth-order valence-electron chi connectivity index (χ4n) is 4.82. The average molecular weight is 426 g/mol. The van der Waals surface area contributed by atoms with E-state index in [-0.39, 0.29) is 17.9 Å².